The fraction of sp³-hybridized carbons (Fsp3) is 0.267. The van der Waals surface area contributed by atoms with Gasteiger partial charge in [0.1, 0.15) is 22.9 Å². The Balaban J connectivity index is 1.84. The second kappa shape index (κ2) is 4.95. The van der Waals surface area contributed by atoms with Crippen molar-refractivity contribution < 1.29 is 4.74 Å². The van der Waals surface area contributed by atoms with Crippen molar-refractivity contribution in [1.82, 2.24) is 14.6 Å². The Kier molecular flexibility index (Phi) is 2.95. The molecular weight excluding hydrogens is 284 g/mol. The van der Waals surface area contributed by atoms with Crippen molar-refractivity contribution in [2.24, 2.45) is 0 Å². The first-order valence-corrected chi connectivity index (χ1v) is 7.65. The van der Waals surface area contributed by atoms with Crippen molar-refractivity contribution >= 4 is 16.3 Å². The van der Waals surface area contributed by atoms with E-state index in [4.69, 9.17) is 4.74 Å². The number of fused-ring (bicyclic) bond motifs is 1. The number of benzene rings is 1. The highest BCUT2D eigenvalue weighted by molar-refractivity contribution is 7.16. The van der Waals surface area contributed by atoms with Gasteiger partial charge in [0.05, 0.1) is 0 Å². The van der Waals surface area contributed by atoms with E-state index in [0.29, 0.717) is 11.4 Å². The minimum absolute atomic E-state index is 0.0587. The standard InChI is InChI=1S/C15H12N4OS/c16-9-11-13(10-5-2-1-3-6-10)17-15-19(11)18-14(21-15)12-7-4-8-20-12/h1-3,5-6,12H,4,7-8H2. The van der Waals surface area contributed by atoms with Gasteiger partial charge in [0.15, 0.2) is 5.69 Å². The Morgan fingerprint density at radius 2 is 2.19 bits per heavy atom. The molecule has 2 aromatic heterocycles. The molecule has 0 N–H and O–H groups in total. The predicted octanol–water partition coefficient (Wildman–Crippen LogP) is 3.18. The molecule has 0 spiro atoms. The van der Waals surface area contributed by atoms with Gasteiger partial charge in [-0.2, -0.15) is 14.9 Å². The monoisotopic (exact) mass is 296 g/mol. The van der Waals surface area contributed by atoms with Crippen LogP contribution in [-0.4, -0.2) is 21.2 Å². The van der Waals surface area contributed by atoms with E-state index in [2.05, 4.69) is 16.2 Å². The second-order valence-corrected chi connectivity index (χ2v) is 5.91. The van der Waals surface area contributed by atoms with Crippen LogP contribution in [-0.2, 0) is 4.74 Å². The van der Waals surface area contributed by atoms with Gasteiger partial charge in [0.2, 0.25) is 4.96 Å². The van der Waals surface area contributed by atoms with Gasteiger partial charge in [-0.3, -0.25) is 0 Å². The smallest absolute Gasteiger partial charge is 0.214 e. The minimum Gasteiger partial charge on any atom is -0.371 e. The molecule has 1 aliphatic heterocycles. The summed E-state index contributed by atoms with van der Waals surface area (Å²) in [4.78, 5) is 5.33. The highest BCUT2D eigenvalue weighted by Gasteiger charge is 2.24. The largest absolute Gasteiger partial charge is 0.371 e. The van der Waals surface area contributed by atoms with Crippen LogP contribution in [0.1, 0.15) is 29.6 Å². The zero-order valence-electron chi connectivity index (χ0n) is 11.2. The topological polar surface area (TPSA) is 63.2 Å². The molecule has 1 saturated heterocycles. The first-order valence-electron chi connectivity index (χ1n) is 6.83. The lowest BCUT2D eigenvalue weighted by atomic mass is 10.1. The Hall–Kier alpha value is -2.23. The number of ether oxygens (including phenoxy) is 1. The molecular formula is C15H12N4OS. The number of nitriles is 1. The number of hydrogen-bond acceptors (Lipinski definition) is 5. The number of nitrogens with zero attached hydrogens (tertiary/aromatic N) is 4. The van der Waals surface area contributed by atoms with Crippen LogP contribution in [0, 0.1) is 11.3 Å². The maximum absolute atomic E-state index is 9.46. The molecule has 0 radical (unpaired) electrons. The molecule has 3 heterocycles. The van der Waals surface area contributed by atoms with Gasteiger partial charge in [-0.05, 0) is 12.8 Å². The lowest BCUT2D eigenvalue weighted by Crippen LogP contribution is -1.98. The SMILES string of the molecule is N#Cc1c(-c2ccccc2)nc2sc(C3CCCO3)nn12. The lowest BCUT2D eigenvalue weighted by molar-refractivity contribution is 0.111. The summed E-state index contributed by atoms with van der Waals surface area (Å²) in [6.07, 6.45) is 2.11. The average Bonchev–Trinajstić information content (AvgIpc) is 3.22. The lowest BCUT2D eigenvalue weighted by Gasteiger charge is -2.02. The first kappa shape index (κ1) is 12.5. The summed E-state index contributed by atoms with van der Waals surface area (Å²) in [5.74, 6) is 0. The maximum atomic E-state index is 9.46. The summed E-state index contributed by atoms with van der Waals surface area (Å²) in [7, 11) is 0. The van der Waals surface area contributed by atoms with E-state index >= 15 is 0 Å². The minimum atomic E-state index is 0.0587. The van der Waals surface area contributed by atoms with Gasteiger partial charge >= 0.3 is 0 Å². The summed E-state index contributed by atoms with van der Waals surface area (Å²) < 4.78 is 7.29. The molecule has 5 nitrogen and oxygen atoms in total. The molecule has 1 fully saturated rings. The van der Waals surface area contributed by atoms with Crippen molar-refractivity contribution in [1.29, 1.82) is 5.26 Å². The third-order valence-electron chi connectivity index (χ3n) is 3.58. The van der Waals surface area contributed by atoms with Crippen LogP contribution in [0.15, 0.2) is 30.3 Å². The molecule has 4 rings (SSSR count). The van der Waals surface area contributed by atoms with Crippen LogP contribution < -0.4 is 0 Å². The van der Waals surface area contributed by atoms with Crippen LogP contribution in [0.25, 0.3) is 16.2 Å². The molecule has 0 aliphatic carbocycles. The van der Waals surface area contributed by atoms with Crippen LogP contribution >= 0.6 is 11.3 Å². The van der Waals surface area contributed by atoms with Gasteiger partial charge < -0.3 is 4.74 Å². The molecule has 21 heavy (non-hydrogen) atoms. The molecule has 0 bridgehead atoms. The predicted molar refractivity (Wildman–Crippen MR) is 78.9 cm³/mol. The summed E-state index contributed by atoms with van der Waals surface area (Å²) >= 11 is 1.50. The number of aromatic nitrogens is 3. The number of hydrogen-bond donors (Lipinski definition) is 0. The first-order chi connectivity index (χ1) is 10.4. The van der Waals surface area contributed by atoms with Crippen LogP contribution in [0.3, 0.4) is 0 Å². The Bertz CT molecular complexity index is 825. The molecule has 1 unspecified atom stereocenters. The van der Waals surface area contributed by atoms with Crippen molar-refractivity contribution in [3.05, 3.63) is 41.0 Å². The van der Waals surface area contributed by atoms with E-state index in [1.807, 2.05) is 30.3 Å². The summed E-state index contributed by atoms with van der Waals surface area (Å²) in [6, 6.07) is 12.0. The van der Waals surface area contributed by atoms with E-state index in [0.717, 1.165) is 35.0 Å². The fourth-order valence-electron chi connectivity index (χ4n) is 2.56. The quantitative estimate of drug-likeness (QED) is 0.728. The number of imidazole rings is 1. The third-order valence-corrected chi connectivity index (χ3v) is 4.58. The Morgan fingerprint density at radius 1 is 1.33 bits per heavy atom. The summed E-state index contributed by atoms with van der Waals surface area (Å²) in [5.41, 5.74) is 2.11. The van der Waals surface area contributed by atoms with Crippen LogP contribution in [0.5, 0.6) is 0 Å². The molecule has 1 aliphatic rings. The zero-order chi connectivity index (χ0) is 14.2. The van der Waals surface area contributed by atoms with Crippen molar-refractivity contribution in [3.63, 3.8) is 0 Å². The highest BCUT2D eigenvalue weighted by atomic mass is 32.1. The Morgan fingerprint density at radius 3 is 2.90 bits per heavy atom. The molecule has 0 saturated carbocycles. The van der Waals surface area contributed by atoms with E-state index in [1.165, 1.54) is 11.3 Å². The van der Waals surface area contributed by atoms with Gasteiger partial charge in [-0.15, -0.1) is 0 Å². The highest BCUT2D eigenvalue weighted by Crippen LogP contribution is 2.33. The van der Waals surface area contributed by atoms with Crippen LogP contribution in [0.4, 0.5) is 0 Å². The van der Waals surface area contributed by atoms with E-state index in [9.17, 15) is 5.26 Å². The van der Waals surface area contributed by atoms with E-state index in [1.54, 1.807) is 4.52 Å². The Labute approximate surface area is 125 Å². The zero-order valence-corrected chi connectivity index (χ0v) is 12.0. The van der Waals surface area contributed by atoms with E-state index < -0.39 is 0 Å². The number of rotatable bonds is 2. The van der Waals surface area contributed by atoms with Gasteiger partial charge in [-0.1, -0.05) is 41.7 Å². The molecule has 3 aromatic rings. The van der Waals surface area contributed by atoms with Gasteiger partial charge in [-0.25, -0.2) is 4.98 Å². The normalized spacial score (nSPS) is 18.1. The van der Waals surface area contributed by atoms with Crippen molar-refractivity contribution in [2.75, 3.05) is 6.61 Å². The van der Waals surface area contributed by atoms with Gasteiger partial charge in [0, 0.05) is 12.2 Å². The van der Waals surface area contributed by atoms with Crippen molar-refractivity contribution in [2.45, 2.75) is 18.9 Å². The van der Waals surface area contributed by atoms with Gasteiger partial charge in [0.25, 0.3) is 0 Å². The fourth-order valence-corrected chi connectivity index (χ4v) is 3.55. The molecule has 1 atom stereocenters. The molecule has 1 aromatic carbocycles. The second-order valence-electron chi connectivity index (χ2n) is 4.92. The maximum Gasteiger partial charge on any atom is 0.214 e. The molecule has 6 heteroatoms. The molecule has 104 valence electrons. The van der Waals surface area contributed by atoms with E-state index in [-0.39, 0.29) is 6.10 Å². The third kappa shape index (κ3) is 2.02. The molecule has 0 amide bonds. The summed E-state index contributed by atoms with van der Waals surface area (Å²) in [6.45, 7) is 0.785. The van der Waals surface area contributed by atoms with Crippen LogP contribution in [0.2, 0.25) is 0 Å². The average molecular weight is 296 g/mol. The van der Waals surface area contributed by atoms with Crippen molar-refractivity contribution in [3.8, 4) is 17.3 Å². The summed E-state index contributed by atoms with van der Waals surface area (Å²) in [5, 5.41) is 14.9.